The molecule has 0 bridgehead atoms. The summed E-state index contributed by atoms with van der Waals surface area (Å²) in [5, 5.41) is 2.18. The average molecular weight is 266 g/mol. The molecule has 0 spiro atoms. The molecule has 6 nitrogen and oxygen atoms in total. The number of nitrogens with one attached hydrogen (secondary N) is 1. The Kier molecular flexibility index (Phi) is 3.20. The third kappa shape index (κ3) is 2.05. The van der Waals surface area contributed by atoms with E-state index in [4.69, 9.17) is 0 Å². The highest BCUT2D eigenvalue weighted by Gasteiger charge is 2.53. The van der Waals surface area contributed by atoms with Gasteiger partial charge in [0.05, 0.1) is 5.41 Å². The van der Waals surface area contributed by atoms with E-state index in [1.165, 1.54) is 0 Å². The number of piperidine rings is 1. The van der Waals surface area contributed by atoms with Crippen molar-refractivity contribution in [2.75, 3.05) is 0 Å². The Labute approximate surface area is 111 Å². The van der Waals surface area contributed by atoms with Gasteiger partial charge in [0.2, 0.25) is 23.6 Å². The molecular formula is C13H18N2O4. The number of hydrogen-bond donors (Lipinski definition) is 1. The summed E-state index contributed by atoms with van der Waals surface area (Å²) in [6.45, 7) is 5.53. The molecular weight excluding hydrogens is 248 g/mol. The van der Waals surface area contributed by atoms with E-state index in [-0.39, 0.29) is 42.9 Å². The first-order valence-corrected chi connectivity index (χ1v) is 6.47. The number of carbonyl (C=O) groups is 4. The molecule has 2 rings (SSSR count). The summed E-state index contributed by atoms with van der Waals surface area (Å²) in [5.41, 5.74) is -0.751. The van der Waals surface area contributed by atoms with Gasteiger partial charge >= 0.3 is 0 Å². The van der Waals surface area contributed by atoms with E-state index < -0.39 is 17.4 Å². The fraction of sp³-hybridized carbons (Fsp3) is 0.692. The zero-order valence-corrected chi connectivity index (χ0v) is 11.4. The number of nitrogens with zero attached hydrogens (tertiary/aromatic N) is 1. The largest absolute Gasteiger partial charge is 0.295 e. The molecule has 19 heavy (non-hydrogen) atoms. The van der Waals surface area contributed by atoms with E-state index in [0.717, 1.165) is 4.90 Å². The van der Waals surface area contributed by atoms with Crippen LogP contribution in [0, 0.1) is 11.3 Å². The highest BCUT2D eigenvalue weighted by atomic mass is 16.2. The summed E-state index contributed by atoms with van der Waals surface area (Å²) in [5.74, 6) is -1.52. The molecule has 4 amide bonds. The van der Waals surface area contributed by atoms with Gasteiger partial charge < -0.3 is 0 Å². The highest BCUT2D eigenvalue weighted by molar-refractivity contribution is 6.11. The van der Waals surface area contributed by atoms with Crippen LogP contribution in [0.2, 0.25) is 0 Å². The van der Waals surface area contributed by atoms with Crippen LogP contribution in [0.5, 0.6) is 0 Å². The Morgan fingerprint density at radius 1 is 1.26 bits per heavy atom. The number of amides is 4. The van der Waals surface area contributed by atoms with Crippen molar-refractivity contribution in [3.63, 3.8) is 0 Å². The van der Waals surface area contributed by atoms with Gasteiger partial charge in [0, 0.05) is 12.8 Å². The van der Waals surface area contributed by atoms with Crippen LogP contribution in [-0.2, 0) is 19.2 Å². The van der Waals surface area contributed by atoms with Gasteiger partial charge in [-0.05, 0) is 19.3 Å². The smallest absolute Gasteiger partial charge is 0.249 e. The van der Waals surface area contributed by atoms with Crippen LogP contribution in [-0.4, -0.2) is 34.6 Å². The second-order valence-electron chi connectivity index (χ2n) is 5.78. The number of likely N-dealkylation sites (tertiary alicyclic amines) is 1. The molecule has 2 saturated heterocycles. The Morgan fingerprint density at radius 2 is 1.89 bits per heavy atom. The van der Waals surface area contributed by atoms with Crippen molar-refractivity contribution >= 4 is 23.6 Å². The van der Waals surface area contributed by atoms with Crippen LogP contribution in [0.25, 0.3) is 0 Å². The summed E-state index contributed by atoms with van der Waals surface area (Å²) < 4.78 is 0. The first-order valence-electron chi connectivity index (χ1n) is 6.47. The lowest BCUT2D eigenvalue weighted by Gasteiger charge is -2.31. The van der Waals surface area contributed by atoms with Crippen LogP contribution >= 0.6 is 0 Å². The van der Waals surface area contributed by atoms with Gasteiger partial charge in [0.1, 0.15) is 6.04 Å². The maximum Gasteiger partial charge on any atom is 0.249 e. The van der Waals surface area contributed by atoms with Crippen LogP contribution in [0.15, 0.2) is 0 Å². The molecule has 0 aromatic carbocycles. The van der Waals surface area contributed by atoms with Crippen LogP contribution in [0.4, 0.5) is 0 Å². The summed E-state index contributed by atoms with van der Waals surface area (Å²) >= 11 is 0. The molecule has 2 aliphatic heterocycles. The molecule has 0 aromatic heterocycles. The predicted octanol–water partition coefficient (Wildman–Crippen LogP) is 0.213. The van der Waals surface area contributed by atoms with Crippen LogP contribution in [0.3, 0.4) is 0 Å². The molecule has 0 radical (unpaired) electrons. The van der Waals surface area contributed by atoms with Crippen LogP contribution < -0.4 is 5.32 Å². The Hall–Kier alpha value is -1.72. The van der Waals surface area contributed by atoms with E-state index in [9.17, 15) is 19.2 Å². The summed E-state index contributed by atoms with van der Waals surface area (Å²) in [4.78, 5) is 48.5. The lowest BCUT2D eigenvalue weighted by atomic mass is 9.78. The molecule has 2 heterocycles. The minimum absolute atomic E-state index is 0.0160. The topological polar surface area (TPSA) is 83.6 Å². The van der Waals surface area contributed by atoms with Gasteiger partial charge in [0.15, 0.2) is 0 Å². The van der Waals surface area contributed by atoms with Gasteiger partial charge in [-0.3, -0.25) is 29.4 Å². The van der Waals surface area contributed by atoms with Crippen molar-refractivity contribution in [2.24, 2.45) is 11.3 Å². The van der Waals surface area contributed by atoms with Crippen molar-refractivity contribution < 1.29 is 19.2 Å². The first-order chi connectivity index (χ1) is 8.77. The predicted molar refractivity (Wildman–Crippen MR) is 65.6 cm³/mol. The monoisotopic (exact) mass is 266 g/mol. The van der Waals surface area contributed by atoms with Gasteiger partial charge in [-0.15, -0.1) is 0 Å². The van der Waals surface area contributed by atoms with Crippen molar-refractivity contribution in [3.05, 3.63) is 0 Å². The Morgan fingerprint density at radius 3 is 2.37 bits per heavy atom. The number of imide groups is 2. The summed E-state index contributed by atoms with van der Waals surface area (Å²) in [6, 6.07) is -0.835. The van der Waals surface area contributed by atoms with Gasteiger partial charge in [-0.2, -0.15) is 0 Å². The quantitative estimate of drug-likeness (QED) is 0.724. The average Bonchev–Trinajstić information content (AvgIpc) is 2.53. The number of hydrogen-bond acceptors (Lipinski definition) is 4. The number of carbonyl (C=O) groups excluding carboxylic acids is 4. The van der Waals surface area contributed by atoms with Gasteiger partial charge in [0.25, 0.3) is 0 Å². The second-order valence-corrected chi connectivity index (χ2v) is 5.78. The third-order valence-electron chi connectivity index (χ3n) is 4.29. The van der Waals surface area contributed by atoms with E-state index in [2.05, 4.69) is 5.32 Å². The zero-order chi connectivity index (χ0) is 14.4. The minimum atomic E-state index is -0.835. The maximum absolute atomic E-state index is 12.4. The van der Waals surface area contributed by atoms with Gasteiger partial charge in [-0.1, -0.05) is 13.8 Å². The molecule has 0 aliphatic carbocycles. The zero-order valence-electron chi connectivity index (χ0n) is 11.4. The molecule has 0 aromatic rings. The minimum Gasteiger partial charge on any atom is -0.295 e. The molecule has 2 fully saturated rings. The normalized spacial score (nSPS) is 32.2. The number of rotatable bonds is 2. The van der Waals surface area contributed by atoms with E-state index in [0.29, 0.717) is 0 Å². The first kappa shape index (κ1) is 13.7. The summed E-state index contributed by atoms with van der Waals surface area (Å²) in [6.07, 6.45) is 0.503. The Bertz CT molecular complexity index is 471. The molecule has 2 aliphatic rings. The fourth-order valence-corrected chi connectivity index (χ4v) is 2.56. The Balaban J connectivity index is 2.26. The lowest BCUT2D eigenvalue weighted by molar-refractivity contribution is -0.152. The molecule has 2 unspecified atom stereocenters. The highest BCUT2D eigenvalue weighted by Crippen LogP contribution is 2.40. The fourth-order valence-electron chi connectivity index (χ4n) is 2.56. The lowest BCUT2D eigenvalue weighted by Crippen LogP contribution is -2.55. The van der Waals surface area contributed by atoms with E-state index >= 15 is 0 Å². The van der Waals surface area contributed by atoms with Crippen LogP contribution in [0.1, 0.15) is 40.0 Å². The van der Waals surface area contributed by atoms with E-state index in [1.54, 1.807) is 6.92 Å². The molecule has 2 atom stereocenters. The standard InChI is InChI=1S/C13H18N2O4/c1-7(2)13(3)6-10(17)15(12(13)19)8-4-5-9(16)14-11(8)18/h7-8H,4-6H2,1-3H3,(H,14,16,18). The van der Waals surface area contributed by atoms with Crippen molar-refractivity contribution in [1.82, 2.24) is 10.2 Å². The van der Waals surface area contributed by atoms with Gasteiger partial charge in [-0.25, -0.2) is 0 Å². The molecule has 1 N–H and O–H groups in total. The van der Waals surface area contributed by atoms with Crippen molar-refractivity contribution in [3.8, 4) is 0 Å². The molecule has 104 valence electrons. The van der Waals surface area contributed by atoms with Crippen molar-refractivity contribution in [2.45, 2.75) is 46.1 Å². The second kappa shape index (κ2) is 4.43. The third-order valence-corrected chi connectivity index (χ3v) is 4.29. The van der Waals surface area contributed by atoms with Crippen molar-refractivity contribution in [1.29, 1.82) is 0 Å². The maximum atomic E-state index is 12.4. The molecule has 0 saturated carbocycles. The van der Waals surface area contributed by atoms with E-state index in [1.807, 2.05) is 13.8 Å². The SMILES string of the molecule is CC(C)C1(C)CC(=O)N(C2CCC(=O)NC2=O)C1=O. The molecule has 6 heteroatoms. The summed E-state index contributed by atoms with van der Waals surface area (Å²) in [7, 11) is 0.